The number of Topliss-reactive ketones (excluding diaryl/α,β-unsaturated/α-hetero) is 1. The van der Waals surface area contributed by atoms with Gasteiger partial charge in [-0.3, -0.25) is 4.79 Å². The van der Waals surface area contributed by atoms with E-state index in [1.54, 1.807) is 0 Å². The highest BCUT2D eigenvalue weighted by atomic mass is 16.5. The molecule has 0 unspecified atom stereocenters. The van der Waals surface area contributed by atoms with E-state index in [4.69, 9.17) is 10.5 Å². The first-order valence-corrected chi connectivity index (χ1v) is 8.25. The lowest BCUT2D eigenvalue weighted by Gasteiger charge is -2.20. The van der Waals surface area contributed by atoms with E-state index in [1.165, 1.54) is 44.9 Å². The molecule has 0 aromatic heterocycles. The third-order valence-corrected chi connectivity index (χ3v) is 4.24. The van der Waals surface area contributed by atoms with Gasteiger partial charge >= 0.3 is 0 Å². The number of ether oxygens (including phenoxy) is 1. The van der Waals surface area contributed by atoms with Crippen molar-refractivity contribution in [2.24, 2.45) is 11.7 Å². The van der Waals surface area contributed by atoms with Crippen LogP contribution in [0.4, 0.5) is 0 Å². The lowest BCUT2D eigenvalue weighted by molar-refractivity contribution is 0.0985. The van der Waals surface area contributed by atoms with E-state index < -0.39 is 0 Å². The molecule has 0 atom stereocenters. The molecule has 0 saturated heterocycles. The second kappa shape index (κ2) is 8.83. The number of hydrogen-bond acceptors (Lipinski definition) is 3. The summed E-state index contributed by atoms with van der Waals surface area (Å²) < 4.78 is 5.93. The molecule has 3 heteroatoms. The standard InChI is InChI=1S/C18H27NO2/c19-12-11-18(20)16-9-6-10-17(13-16)21-14-15-7-4-2-1-3-5-8-15/h6,9-10,13,15H,1-5,7-8,11-12,14,19H2. The number of rotatable bonds is 6. The maximum Gasteiger partial charge on any atom is 0.164 e. The van der Waals surface area contributed by atoms with Gasteiger partial charge in [-0.1, -0.05) is 44.2 Å². The molecule has 2 N–H and O–H groups in total. The Hall–Kier alpha value is -1.35. The van der Waals surface area contributed by atoms with Crippen molar-refractivity contribution in [2.75, 3.05) is 13.2 Å². The maximum atomic E-state index is 11.9. The molecule has 1 saturated carbocycles. The van der Waals surface area contributed by atoms with Gasteiger partial charge in [0.1, 0.15) is 5.75 Å². The summed E-state index contributed by atoms with van der Waals surface area (Å²) in [5, 5.41) is 0. The molecule has 1 aromatic carbocycles. The fraction of sp³-hybridized carbons (Fsp3) is 0.611. The van der Waals surface area contributed by atoms with Crippen LogP contribution < -0.4 is 10.5 Å². The van der Waals surface area contributed by atoms with Crippen molar-refractivity contribution in [1.82, 2.24) is 0 Å². The first-order chi connectivity index (χ1) is 10.3. The van der Waals surface area contributed by atoms with Crippen LogP contribution in [0.1, 0.15) is 61.7 Å². The van der Waals surface area contributed by atoms with Crippen LogP contribution in [0.3, 0.4) is 0 Å². The summed E-state index contributed by atoms with van der Waals surface area (Å²) in [7, 11) is 0. The number of hydrogen-bond donors (Lipinski definition) is 1. The van der Waals surface area contributed by atoms with E-state index in [0.717, 1.165) is 12.4 Å². The minimum absolute atomic E-state index is 0.0916. The maximum absolute atomic E-state index is 11.9. The Bertz CT molecular complexity index is 437. The molecule has 0 heterocycles. The zero-order valence-electron chi connectivity index (χ0n) is 12.9. The van der Waals surface area contributed by atoms with Crippen LogP contribution in [0.5, 0.6) is 5.75 Å². The monoisotopic (exact) mass is 289 g/mol. The number of nitrogens with two attached hydrogens (primary N) is 1. The normalized spacial score (nSPS) is 17.0. The summed E-state index contributed by atoms with van der Waals surface area (Å²) in [6.07, 6.45) is 9.69. The van der Waals surface area contributed by atoms with Crippen molar-refractivity contribution >= 4 is 5.78 Å². The van der Waals surface area contributed by atoms with Crippen LogP contribution in [-0.2, 0) is 0 Å². The largest absolute Gasteiger partial charge is 0.493 e. The van der Waals surface area contributed by atoms with Gasteiger partial charge in [0.2, 0.25) is 0 Å². The topological polar surface area (TPSA) is 52.3 Å². The van der Waals surface area contributed by atoms with E-state index >= 15 is 0 Å². The molecule has 1 fully saturated rings. The van der Waals surface area contributed by atoms with Crippen LogP contribution in [0.25, 0.3) is 0 Å². The highest BCUT2D eigenvalue weighted by Gasteiger charge is 2.12. The molecule has 2 rings (SSSR count). The smallest absolute Gasteiger partial charge is 0.164 e. The van der Waals surface area contributed by atoms with E-state index in [-0.39, 0.29) is 5.78 Å². The van der Waals surface area contributed by atoms with Gasteiger partial charge in [0.05, 0.1) is 6.61 Å². The van der Waals surface area contributed by atoms with Gasteiger partial charge in [-0.2, -0.15) is 0 Å². The summed E-state index contributed by atoms with van der Waals surface area (Å²) in [5.41, 5.74) is 6.14. The molecule has 3 nitrogen and oxygen atoms in total. The lowest BCUT2D eigenvalue weighted by Crippen LogP contribution is -2.14. The van der Waals surface area contributed by atoms with Crippen molar-refractivity contribution in [2.45, 2.75) is 51.4 Å². The number of carbonyl (C=O) groups excluding carboxylic acids is 1. The molecule has 1 aliphatic rings. The van der Waals surface area contributed by atoms with Gasteiger partial charge in [-0.05, 0) is 37.4 Å². The number of carbonyl (C=O) groups is 1. The third kappa shape index (κ3) is 5.50. The summed E-state index contributed by atoms with van der Waals surface area (Å²) in [6, 6.07) is 7.50. The summed E-state index contributed by atoms with van der Waals surface area (Å²) in [4.78, 5) is 11.9. The Labute approximate surface area is 127 Å². The van der Waals surface area contributed by atoms with Crippen molar-refractivity contribution in [3.63, 3.8) is 0 Å². The zero-order valence-corrected chi connectivity index (χ0v) is 12.9. The highest BCUT2D eigenvalue weighted by molar-refractivity contribution is 5.96. The van der Waals surface area contributed by atoms with E-state index in [2.05, 4.69) is 0 Å². The quantitative estimate of drug-likeness (QED) is 0.806. The van der Waals surface area contributed by atoms with Crippen molar-refractivity contribution in [3.05, 3.63) is 29.8 Å². The fourth-order valence-electron chi connectivity index (χ4n) is 2.96. The minimum Gasteiger partial charge on any atom is -0.493 e. The lowest BCUT2D eigenvalue weighted by atomic mass is 9.92. The number of ketones is 1. The highest BCUT2D eigenvalue weighted by Crippen LogP contribution is 2.23. The number of benzene rings is 1. The average Bonchev–Trinajstić information content (AvgIpc) is 2.47. The summed E-state index contributed by atoms with van der Waals surface area (Å²) in [6.45, 7) is 1.17. The minimum atomic E-state index is 0.0916. The fourth-order valence-corrected chi connectivity index (χ4v) is 2.96. The first kappa shape index (κ1) is 16.0. The van der Waals surface area contributed by atoms with Crippen LogP contribution in [0.15, 0.2) is 24.3 Å². The van der Waals surface area contributed by atoms with Crippen LogP contribution >= 0.6 is 0 Å². The van der Waals surface area contributed by atoms with Gasteiger partial charge in [-0.25, -0.2) is 0 Å². The van der Waals surface area contributed by atoms with Crippen LogP contribution in [-0.4, -0.2) is 18.9 Å². The molecule has 0 amide bonds. The van der Waals surface area contributed by atoms with Gasteiger partial charge in [0.15, 0.2) is 5.78 Å². The second-order valence-electron chi connectivity index (χ2n) is 6.01. The Balaban J connectivity index is 1.87. The molecular weight excluding hydrogens is 262 g/mol. The Morgan fingerprint density at radius 3 is 2.57 bits per heavy atom. The zero-order chi connectivity index (χ0) is 14.9. The molecule has 0 bridgehead atoms. The molecule has 1 aromatic rings. The Morgan fingerprint density at radius 1 is 1.14 bits per heavy atom. The predicted octanol–water partition coefficient (Wildman–Crippen LogP) is 3.96. The van der Waals surface area contributed by atoms with Gasteiger partial charge in [-0.15, -0.1) is 0 Å². The van der Waals surface area contributed by atoms with Crippen LogP contribution in [0, 0.1) is 5.92 Å². The Kier molecular flexibility index (Phi) is 6.74. The SMILES string of the molecule is NCCC(=O)c1cccc(OCC2CCCCCCC2)c1. The Morgan fingerprint density at radius 2 is 1.86 bits per heavy atom. The van der Waals surface area contributed by atoms with Crippen molar-refractivity contribution in [3.8, 4) is 5.75 Å². The molecule has 21 heavy (non-hydrogen) atoms. The van der Waals surface area contributed by atoms with Gasteiger partial charge in [0, 0.05) is 12.0 Å². The molecule has 116 valence electrons. The molecule has 0 aliphatic heterocycles. The van der Waals surface area contributed by atoms with E-state index in [9.17, 15) is 4.79 Å². The summed E-state index contributed by atoms with van der Waals surface area (Å²) >= 11 is 0. The second-order valence-corrected chi connectivity index (χ2v) is 6.01. The third-order valence-electron chi connectivity index (χ3n) is 4.24. The van der Waals surface area contributed by atoms with Gasteiger partial charge < -0.3 is 10.5 Å². The average molecular weight is 289 g/mol. The summed E-state index contributed by atoms with van der Waals surface area (Å²) in [5.74, 6) is 1.56. The molecule has 0 radical (unpaired) electrons. The molecule has 1 aliphatic carbocycles. The molecule has 0 spiro atoms. The van der Waals surface area contributed by atoms with Gasteiger partial charge in [0.25, 0.3) is 0 Å². The van der Waals surface area contributed by atoms with Crippen molar-refractivity contribution < 1.29 is 9.53 Å². The van der Waals surface area contributed by atoms with Crippen molar-refractivity contribution in [1.29, 1.82) is 0 Å². The first-order valence-electron chi connectivity index (χ1n) is 8.25. The molecular formula is C18H27NO2. The van der Waals surface area contributed by atoms with E-state index in [1.807, 2.05) is 24.3 Å². The van der Waals surface area contributed by atoms with Crippen LogP contribution in [0.2, 0.25) is 0 Å². The van der Waals surface area contributed by atoms with E-state index in [0.29, 0.717) is 24.4 Å². The predicted molar refractivity (Wildman–Crippen MR) is 85.7 cm³/mol.